The standard InChI is InChI=1S/C14H21N3O4/c1-4-15-12-10-11(6-7-13(12)17(19)20)14(18)16(3)8-9-21-5-2/h6-7,10,15H,4-5,8-9H2,1-3H3. The van der Waals surface area contributed by atoms with Crippen LogP contribution in [-0.2, 0) is 4.74 Å². The van der Waals surface area contributed by atoms with Crippen molar-refractivity contribution in [2.45, 2.75) is 13.8 Å². The van der Waals surface area contributed by atoms with Crippen molar-refractivity contribution >= 4 is 17.3 Å². The summed E-state index contributed by atoms with van der Waals surface area (Å²) in [6.45, 7) is 5.81. The molecule has 0 unspecified atom stereocenters. The Bertz CT molecular complexity index is 505. The third-order valence-corrected chi connectivity index (χ3v) is 2.93. The molecule has 0 aliphatic carbocycles. The number of nitro benzene ring substituents is 1. The summed E-state index contributed by atoms with van der Waals surface area (Å²) in [4.78, 5) is 24.3. The molecule has 7 nitrogen and oxygen atoms in total. The smallest absolute Gasteiger partial charge is 0.292 e. The highest BCUT2D eigenvalue weighted by Gasteiger charge is 2.18. The Balaban J connectivity index is 2.89. The molecule has 0 radical (unpaired) electrons. The molecular formula is C14H21N3O4. The number of nitrogens with zero attached hydrogens (tertiary/aromatic N) is 2. The monoisotopic (exact) mass is 295 g/mol. The van der Waals surface area contributed by atoms with Crippen molar-refractivity contribution in [1.82, 2.24) is 4.90 Å². The van der Waals surface area contributed by atoms with Gasteiger partial charge in [0.1, 0.15) is 5.69 Å². The van der Waals surface area contributed by atoms with Crippen LogP contribution >= 0.6 is 0 Å². The highest BCUT2D eigenvalue weighted by Crippen LogP contribution is 2.25. The number of rotatable bonds is 8. The topological polar surface area (TPSA) is 84.7 Å². The largest absolute Gasteiger partial charge is 0.380 e. The van der Waals surface area contributed by atoms with Gasteiger partial charge in [0, 0.05) is 38.4 Å². The first-order valence-electron chi connectivity index (χ1n) is 6.86. The van der Waals surface area contributed by atoms with E-state index in [1.165, 1.54) is 23.1 Å². The summed E-state index contributed by atoms with van der Waals surface area (Å²) in [6.07, 6.45) is 0. The maximum Gasteiger partial charge on any atom is 0.292 e. The van der Waals surface area contributed by atoms with E-state index < -0.39 is 4.92 Å². The summed E-state index contributed by atoms with van der Waals surface area (Å²) in [5, 5.41) is 13.8. The summed E-state index contributed by atoms with van der Waals surface area (Å²) < 4.78 is 5.21. The van der Waals surface area contributed by atoms with Crippen molar-refractivity contribution in [2.75, 3.05) is 38.7 Å². The number of likely N-dealkylation sites (N-methyl/N-ethyl adjacent to an activating group) is 1. The Morgan fingerprint density at radius 1 is 1.43 bits per heavy atom. The molecule has 1 rings (SSSR count). The first kappa shape index (κ1) is 16.9. The van der Waals surface area contributed by atoms with Crippen LogP contribution in [0.25, 0.3) is 0 Å². The van der Waals surface area contributed by atoms with Crippen LogP contribution in [0, 0.1) is 10.1 Å². The molecule has 0 fully saturated rings. The third kappa shape index (κ3) is 4.71. The molecule has 7 heteroatoms. The Hall–Kier alpha value is -2.15. The SMILES string of the molecule is CCNc1cc(C(=O)N(C)CCOCC)ccc1[N+](=O)[O-]. The summed E-state index contributed by atoms with van der Waals surface area (Å²) in [7, 11) is 1.68. The van der Waals surface area contributed by atoms with E-state index in [4.69, 9.17) is 4.74 Å². The fourth-order valence-corrected chi connectivity index (χ4v) is 1.83. The zero-order chi connectivity index (χ0) is 15.8. The molecule has 0 aliphatic heterocycles. The minimum Gasteiger partial charge on any atom is -0.380 e. The Labute approximate surface area is 124 Å². The number of nitrogens with one attached hydrogen (secondary N) is 1. The van der Waals surface area contributed by atoms with Crippen molar-refractivity contribution in [3.05, 3.63) is 33.9 Å². The molecule has 21 heavy (non-hydrogen) atoms. The van der Waals surface area contributed by atoms with E-state index >= 15 is 0 Å². The Morgan fingerprint density at radius 3 is 2.71 bits per heavy atom. The molecule has 0 saturated heterocycles. The van der Waals surface area contributed by atoms with Crippen LogP contribution in [0.5, 0.6) is 0 Å². The molecule has 1 aromatic rings. The van der Waals surface area contributed by atoms with Gasteiger partial charge in [-0.05, 0) is 26.0 Å². The van der Waals surface area contributed by atoms with Crippen LogP contribution in [-0.4, -0.2) is 49.1 Å². The van der Waals surface area contributed by atoms with Gasteiger partial charge in [-0.1, -0.05) is 0 Å². The molecule has 0 heterocycles. The van der Waals surface area contributed by atoms with Crippen LogP contribution in [0.15, 0.2) is 18.2 Å². The lowest BCUT2D eigenvalue weighted by Gasteiger charge is -2.17. The molecule has 1 amide bonds. The number of benzene rings is 1. The lowest BCUT2D eigenvalue weighted by molar-refractivity contribution is -0.384. The molecule has 0 bridgehead atoms. The van der Waals surface area contributed by atoms with Gasteiger partial charge in [-0.3, -0.25) is 14.9 Å². The second-order valence-corrected chi connectivity index (χ2v) is 4.44. The molecule has 1 aromatic carbocycles. The summed E-state index contributed by atoms with van der Waals surface area (Å²) >= 11 is 0. The second-order valence-electron chi connectivity index (χ2n) is 4.44. The van der Waals surface area contributed by atoms with Crippen LogP contribution in [0.4, 0.5) is 11.4 Å². The molecule has 0 aliphatic rings. The van der Waals surface area contributed by atoms with Gasteiger partial charge in [-0.15, -0.1) is 0 Å². The Kier molecular flexibility index (Phi) is 6.61. The van der Waals surface area contributed by atoms with Gasteiger partial charge >= 0.3 is 0 Å². The van der Waals surface area contributed by atoms with Crippen molar-refractivity contribution in [2.24, 2.45) is 0 Å². The summed E-state index contributed by atoms with van der Waals surface area (Å²) in [5.74, 6) is -0.191. The van der Waals surface area contributed by atoms with E-state index in [0.29, 0.717) is 37.6 Å². The zero-order valence-corrected chi connectivity index (χ0v) is 12.6. The first-order chi connectivity index (χ1) is 10.0. The quantitative estimate of drug-likeness (QED) is 0.451. The van der Waals surface area contributed by atoms with E-state index in [9.17, 15) is 14.9 Å². The van der Waals surface area contributed by atoms with Gasteiger partial charge in [0.05, 0.1) is 11.5 Å². The highest BCUT2D eigenvalue weighted by atomic mass is 16.6. The van der Waals surface area contributed by atoms with Crippen LogP contribution < -0.4 is 5.32 Å². The number of amides is 1. The van der Waals surface area contributed by atoms with Gasteiger partial charge in [-0.25, -0.2) is 0 Å². The molecule has 0 saturated carbocycles. The third-order valence-electron chi connectivity index (χ3n) is 2.93. The molecule has 0 atom stereocenters. The molecule has 116 valence electrons. The van der Waals surface area contributed by atoms with E-state index in [1.807, 2.05) is 13.8 Å². The number of hydrogen-bond donors (Lipinski definition) is 1. The van der Waals surface area contributed by atoms with Crippen LogP contribution in [0.1, 0.15) is 24.2 Å². The predicted octanol–water partition coefficient (Wildman–Crippen LogP) is 2.14. The van der Waals surface area contributed by atoms with Gasteiger partial charge in [0.2, 0.25) is 0 Å². The average molecular weight is 295 g/mol. The highest BCUT2D eigenvalue weighted by molar-refractivity contribution is 5.95. The maximum absolute atomic E-state index is 12.2. The number of hydrogen-bond acceptors (Lipinski definition) is 5. The molecule has 0 spiro atoms. The number of nitro groups is 1. The normalized spacial score (nSPS) is 10.2. The van der Waals surface area contributed by atoms with Crippen molar-refractivity contribution in [3.63, 3.8) is 0 Å². The van der Waals surface area contributed by atoms with E-state index in [2.05, 4.69) is 5.32 Å². The lowest BCUT2D eigenvalue weighted by atomic mass is 10.1. The molecule has 1 N–H and O–H groups in total. The zero-order valence-electron chi connectivity index (χ0n) is 12.6. The van der Waals surface area contributed by atoms with Crippen LogP contribution in [0.2, 0.25) is 0 Å². The maximum atomic E-state index is 12.2. The summed E-state index contributed by atoms with van der Waals surface area (Å²) in [5.41, 5.74) is 0.729. The number of carbonyl (C=O) groups is 1. The molecular weight excluding hydrogens is 274 g/mol. The average Bonchev–Trinajstić information content (AvgIpc) is 2.46. The van der Waals surface area contributed by atoms with Gasteiger partial charge < -0.3 is 15.0 Å². The van der Waals surface area contributed by atoms with Gasteiger partial charge in [0.25, 0.3) is 11.6 Å². The number of carbonyl (C=O) groups excluding carboxylic acids is 1. The fourth-order valence-electron chi connectivity index (χ4n) is 1.83. The van der Waals surface area contributed by atoms with Crippen molar-refractivity contribution < 1.29 is 14.5 Å². The fraction of sp³-hybridized carbons (Fsp3) is 0.500. The van der Waals surface area contributed by atoms with Gasteiger partial charge in [0.15, 0.2) is 0 Å². The summed E-state index contributed by atoms with van der Waals surface area (Å²) in [6, 6.07) is 4.33. The van der Waals surface area contributed by atoms with E-state index in [-0.39, 0.29) is 11.6 Å². The number of ether oxygens (including phenoxy) is 1. The number of anilines is 1. The minimum absolute atomic E-state index is 0.0367. The van der Waals surface area contributed by atoms with E-state index in [0.717, 1.165) is 0 Å². The Morgan fingerprint density at radius 2 is 2.14 bits per heavy atom. The van der Waals surface area contributed by atoms with Crippen molar-refractivity contribution in [3.8, 4) is 0 Å². The molecule has 0 aromatic heterocycles. The lowest BCUT2D eigenvalue weighted by Crippen LogP contribution is -2.30. The van der Waals surface area contributed by atoms with Gasteiger partial charge in [-0.2, -0.15) is 0 Å². The first-order valence-corrected chi connectivity index (χ1v) is 6.86. The predicted molar refractivity (Wildman–Crippen MR) is 80.7 cm³/mol. The van der Waals surface area contributed by atoms with Crippen molar-refractivity contribution in [1.29, 1.82) is 0 Å². The van der Waals surface area contributed by atoms with E-state index in [1.54, 1.807) is 7.05 Å². The van der Waals surface area contributed by atoms with Crippen LogP contribution in [0.3, 0.4) is 0 Å². The second kappa shape index (κ2) is 8.21. The minimum atomic E-state index is -0.467.